The summed E-state index contributed by atoms with van der Waals surface area (Å²) in [6.45, 7) is 1.91. The van der Waals surface area contributed by atoms with E-state index in [0.29, 0.717) is 5.56 Å². The molecule has 0 radical (unpaired) electrons. The van der Waals surface area contributed by atoms with Crippen LogP contribution in [-0.4, -0.2) is 5.78 Å². The number of ketones is 1. The van der Waals surface area contributed by atoms with Crippen molar-refractivity contribution < 1.29 is 9.18 Å². The monoisotopic (exact) mass is 312 g/mol. The first-order valence-electron chi connectivity index (χ1n) is 5.08. The maximum absolute atomic E-state index is 13.1. The fraction of sp³-hybridized carbons (Fsp3) is 0.154. The molecule has 1 nitrogen and oxygen atoms in total. The molecule has 1 aromatic heterocycles. The Hall–Kier alpha value is -1.00. The second-order valence-electron chi connectivity index (χ2n) is 3.80. The van der Waals surface area contributed by atoms with E-state index in [1.165, 1.54) is 23.5 Å². The van der Waals surface area contributed by atoms with Crippen LogP contribution in [0.15, 0.2) is 33.4 Å². The van der Waals surface area contributed by atoms with Gasteiger partial charge in [0.05, 0.1) is 0 Å². The van der Waals surface area contributed by atoms with E-state index in [-0.39, 0.29) is 18.0 Å². The third-order valence-corrected chi connectivity index (χ3v) is 4.15. The van der Waals surface area contributed by atoms with Gasteiger partial charge in [0.2, 0.25) is 0 Å². The number of rotatable bonds is 3. The third-order valence-electron chi connectivity index (χ3n) is 2.51. The fourth-order valence-electron chi connectivity index (χ4n) is 1.59. The highest BCUT2D eigenvalue weighted by Crippen LogP contribution is 2.22. The zero-order valence-corrected chi connectivity index (χ0v) is 11.6. The van der Waals surface area contributed by atoms with Gasteiger partial charge in [0.15, 0.2) is 5.78 Å². The van der Waals surface area contributed by atoms with Crippen LogP contribution < -0.4 is 0 Å². The van der Waals surface area contributed by atoms with Crippen LogP contribution in [0.25, 0.3) is 0 Å². The summed E-state index contributed by atoms with van der Waals surface area (Å²) in [5.74, 6) is -0.298. The molecule has 0 unspecified atom stereocenters. The molecule has 2 rings (SSSR count). The summed E-state index contributed by atoms with van der Waals surface area (Å²) in [4.78, 5) is 12.0. The molecule has 0 fully saturated rings. The summed E-state index contributed by atoms with van der Waals surface area (Å²) >= 11 is 4.83. The molecule has 0 aliphatic carbocycles. The van der Waals surface area contributed by atoms with Crippen molar-refractivity contribution in [3.63, 3.8) is 0 Å². The van der Waals surface area contributed by atoms with Crippen molar-refractivity contribution >= 4 is 33.0 Å². The van der Waals surface area contributed by atoms with E-state index in [4.69, 9.17) is 0 Å². The fourth-order valence-corrected chi connectivity index (χ4v) is 2.83. The Labute approximate surface area is 111 Å². The number of benzene rings is 1. The number of hydrogen-bond donors (Lipinski definition) is 0. The van der Waals surface area contributed by atoms with Crippen LogP contribution in [0.2, 0.25) is 0 Å². The van der Waals surface area contributed by atoms with Crippen molar-refractivity contribution in [1.29, 1.82) is 0 Å². The first-order chi connectivity index (χ1) is 8.08. The molecule has 1 aromatic carbocycles. The molecular formula is C13H10BrFOS. The van der Waals surface area contributed by atoms with Gasteiger partial charge in [-0.25, -0.2) is 4.39 Å². The Balaban J connectivity index is 2.24. The minimum absolute atomic E-state index is 0.0232. The minimum atomic E-state index is -0.321. The number of carbonyl (C=O) groups is 1. The average molecular weight is 313 g/mol. The van der Waals surface area contributed by atoms with Crippen LogP contribution in [0.4, 0.5) is 4.39 Å². The van der Waals surface area contributed by atoms with Crippen LogP contribution in [0.1, 0.15) is 21.5 Å². The van der Waals surface area contributed by atoms with Crippen LogP contribution >= 0.6 is 27.3 Å². The number of thiophene rings is 1. The Bertz CT molecular complexity index is 562. The van der Waals surface area contributed by atoms with E-state index in [9.17, 15) is 9.18 Å². The molecule has 1 heterocycles. The van der Waals surface area contributed by atoms with Gasteiger partial charge < -0.3 is 0 Å². The van der Waals surface area contributed by atoms with E-state index in [1.54, 1.807) is 6.07 Å². The lowest BCUT2D eigenvalue weighted by Crippen LogP contribution is -2.04. The van der Waals surface area contributed by atoms with Gasteiger partial charge in [-0.2, -0.15) is 11.3 Å². The molecule has 88 valence electrons. The molecule has 0 aliphatic rings. The maximum Gasteiger partial charge on any atom is 0.168 e. The summed E-state index contributed by atoms with van der Waals surface area (Å²) in [7, 11) is 0. The number of halogens is 2. The Kier molecular flexibility index (Phi) is 3.74. The van der Waals surface area contributed by atoms with Gasteiger partial charge in [-0.1, -0.05) is 15.9 Å². The molecule has 0 amide bonds. The molecule has 0 bridgehead atoms. The van der Waals surface area contributed by atoms with Crippen LogP contribution in [0, 0.1) is 12.7 Å². The topological polar surface area (TPSA) is 17.1 Å². The highest BCUT2D eigenvalue weighted by atomic mass is 79.9. The van der Waals surface area contributed by atoms with E-state index in [1.807, 2.05) is 17.7 Å². The molecule has 0 aliphatic heterocycles. The van der Waals surface area contributed by atoms with Crippen molar-refractivity contribution in [3.05, 3.63) is 55.9 Å². The summed E-state index contributed by atoms with van der Waals surface area (Å²) in [5, 5.41) is 3.78. The number of carbonyl (C=O) groups excluding carboxylic acids is 1. The van der Waals surface area contributed by atoms with Gasteiger partial charge in [0.1, 0.15) is 5.82 Å². The third kappa shape index (κ3) is 2.82. The molecule has 0 N–H and O–H groups in total. The Morgan fingerprint density at radius 3 is 2.82 bits per heavy atom. The summed E-state index contributed by atoms with van der Waals surface area (Å²) in [6.07, 6.45) is 0.218. The van der Waals surface area contributed by atoms with E-state index in [0.717, 1.165) is 15.6 Å². The van der Waals surface area contributed by atoms with Gasteiger partial charge in [-0.05, 0) is 41.6 Å². The van der Waals surface area contributed by atoms with Crippen molar-refractivity contribution in [1.82, 2.24) is 0 Å². The van der Waals surface area contributed by atoms with Gasteiger partial charge in [-0.15, -0.1) is 0 Å². The molecule has 4 heteroatoms. The first-order valence-corrected chi connectivity index (χ1v) is 6.81. The van der Waals surface area contributed by atoms with E-state index in [2.05, 4.69) is 15.9 Å². The highest BCUT2D eigenvalue weighted by Gasteiger charge is 2.13. The molecular weight excluding hydrogens is 303 g/mol. The normalized spacial score (nSPS) is 10.5. The molecule has 17 heavy (non-hydrogen) atoms. The lowest BCUT2D eigenvalue weighted by molar-refractivity contribution is 0.0992. The zero-order chi connectivity index (χ0) is 12.4. The molecule has 0 saturated heterocycles. The lowest BCUT2D eigenvalue weighted by atomic mass is 10.0. The minimum Gasteiger partial charge on any atom is -0.294 e. The SMILES string of the molecule is Cc1cscc1C(=O)Cc1cc(F)ccc1Br. The number of Topliss-reactive ketones (excluding diaryl/α,β-unsaturated/α-hetero) is 1. The largest absolute Gasteiger partial charge is 0.294 e. The van der Waals surface area contributed by atoms with Crippen LogP contribution in [0.5, 0.6) is 0 Å². The Morgan fingerprint density at radius 1 is 1.41 bits per heavy atom. The van der Waals surface area contributed by atoms with Crippen molar-refractivity contribution in [3.8, 4) is 0 Å². The summed E-state index contributed by atoms with van der Waals surface area (Å²) in [5.41, 5.74) is 2.39. The standard InChI is InChI=1S/C13H10BrFOS/c1-8-6-17-7-11(8)13(16)5-9-4-10(15)2-3-12(9)14/h2-4,6-7H,5H2,1H3. The smallest absolute Gasteiger partial charge is 0.168 e. The van der Waals surface area contributed by atoms with Crippen LogP contribution in [-0.2, 0) is 6.42 Å². The molecule has 0 atom stereocenters. The van der Waals surface area contributed by atoms with Crippen LogP contribution in [0.3, 0.4) is 0 Å². The summed E-state index contributed by atoms with van der Waals surface area (Å²) < 4.78 is 13.9. The molecule has 0 saturated carbocycles. The van der Waals surface area contributed by atoms with Crippen molar-refractivity contribution in [2.75, 3.05) is 0 Å². The number of aryl methyl sites for hydroxylation is 1. The van der Waals surface area contributed by atoms with Crippen molar-refractivity contribution in [2.45, 2.75) is 13.3 Å². The predicted molar refractivity (Wildman–Crippen MR) is 71.2 cm³/mol. The van der Waals surface area contributed by atoms with Gasteiger partial charge in [0, 0.05) is 21.8 Å². The van der Waals surface area contributed by atoms with Crippen molar-refractivity contribution in [2.24, 2.45) is 0 Å². The maximum atomic E-state index is 13.1. The predicted octanol–water partition coefficient (Wildman–Crippen LogP) is 4.38. The average Bonchev–Trinajstić information content (AvgIpc) is 2.70. The van der Waals surface area contributed by atoms with E-state index >= 15 is 0 Å². The number of hydrogen-bond acceptors (Lipinski definition) is 2. The molecule has 2 aromatic rings. The second kappa shape index (κ2) is 5.10. The van der Waals surface area contributed by atoms with E-state index < -0.39 is 0 Å². The summed E-state index contributed by atoms with van der Waals surface area (Å²) in [6, 6.07) is 4.38. The van der Waals surface area contributed by atoms with Gasteiger partial charge >= 0.3 is 0 Å². The lowest BCUT2D eigenvalue weighted by Gasteiger charge is -2.04. The Morgan fingerprint density at radius 2 is 2.18 bits per heavy atom. The zero-order valence-electron chi connectivity index (χ0n) is 9.17. The molecule has 0 spiro atoms. The van der Waals surface area contributed by atoms with Gasteiger partial charge in [0.25, 0.3) is 0 Å². The quantitative estimate of drug-likeness (QED) is 0.768. The van der Waals surface area contributed by atoms with Gasteiger partial charge in [-0.3, -0.25) is 4.79 Å². The second-order valence-corrected chi connectivity index (χ2v) is 5.40. The first kappa shape index (κ1) is 12.5. The highest BCUT2D eigenvalue weighted by molar-refractivity contribution is 9.10.